The highest BCUT2D eigenvalue weighted by Gasteiger charge is 2.34. The zero-order valence-corrected chi connectivity index (χ0v) is 16.2. The first kappa shape index (κ1) is 16.8. The van der Waals surface area contributed by atoms with Crippen molar-refractivity contribution in [3.05, 3.63) is 95.9 Å². The number of fused-ring (bicyclic) bond motifs is 4. The van der Waals surface area contributed by atoms with Crippen LogP contribution < -0.4 is 0 Å². The summed E-state index contributed by atoms with van der Waals surface area (Å²) < 4.78 is 1.86. The van der Waals surface area contributed by atoms with E-state index in [0.29, 0.717) is 16.8 Å². The molecular weight excluding hydrogens is 372 g/mol. The Labute approximate surface area is 172 Å². The zero-order chi connectivity index (χ0) is 20.2. The lowest BCUT2D eigenvalue weighted by atomic mass is 9.95. The summed E-state index contributed by atoms with van der Waals surface area (Å²) in [5.74, 6) is 0.00803. The molecule has 5 aromatic rings. The molecule has 3 aromatic heterocycles. The maximum absolute atomic E-state index is 13.4. The average molecular weight is 388 g/mol. The van der Waals surface area contributed by atoms with Gasteiger partial charge in [0.05, 0.1) is 28.0 Å². The van der Waals surface area contributed by atoms with Gasteiger partial charge in [0.1, 0.15) is 0 Å². The number of ketones is 1. The fourth-order valence-corrected chi connectivity index (χ4v) is 4.31. The van der Waals surface area contributed by atoms with E-state index in [1.54, 1.807) is 12.4 Å². The van der Waals surface area contributed by atoms with Crippen LogP contribution in [0.2, 0.25) is 0 Å². The van der Waals surface area contributed by atoms with Crippen molar-refractivity contribution in [3.63, 3.8) is 0 Å². The Bertz CT molecular complexity index is 1450. The SMILES string of the molecule is Cc1nn(-c2ccccc2)c2nc3c(c(-c4ccncc4)c12)C(=O)c1ccccc1-3. The largest absolute Gasteiger partial charge is 0.288 e. The second kappa shape index (κ2) is 6.19. The summed E-state index contributed by atoms with van der Waals surface area (Å²) in [5.41, 5.74) is 7.24. The predicted octanol–water partition coefficient (Wildman–Crippen LogP) is 5.00. The van der Waals surface area contributed by atoms with Crippen molar-refractivity contribution in [3.8, 4) is 28.1 Å². The molecule has 0 spiro atoms. The standard InChI is InChI=1S/C25H16N4O/c1-15-20-21(16-11-13-26-14-12-16)22-23(18-9-5-6-10-19(18)24(22)30)27-25(20)29(28-15)17-7-3-2-4-8-17/h2-14H,1H3. The summed E-state index contributed by atoms with van der Waals surface area (Å²) in [6, 6.07) is 21.5. The lowest BCUT2D eigenvalue weighted by Crippen LogP contribution is -2.02. The van der Waals surface area contributed by atoms with Crippen LogP contribution in [0.4, 0.5) is 0 Å². The second-order valence-corrected chi connectivity index (χ2v) is 7.35. The highest BCUT2D eigenvalue weighted by molar-refractivity contribution is 6.26. The van der Waals surface area contributed by atoms with Crippen LogP contribution >= 0.6 is 0 Å². The molecule has 2 aromatic carbocycles. The first-order chi connectivity index (χ1) is 14.7. The summed E-state index contributed by atoms with van der Waals surface area (Å²) in [6.07, 6.45) is 3.50. The van der Waals surface area contributed by atoms with Crippen LogP contribution in [0.25, 0.3) is 39.1 Å². The number of pyridine rings is 2. The lowest BCUT2D eigenvalue weighted by molar-refractivity contribution is 0.104. The van der Waals surface area contributed by atoms with E-state index in [2.05, 4.69) is 4.98 Å². The monoisotopic (exact) mass is 388 g/mol. The number of benzene rings is 2. The molecule has 1 aliphatic rings. The smallest absolute Gasteiger partial charge is 0.196 e. The van der Waals surface area contributed by atoms with Crippen LogP contribution in [0.15, 0.2) is 79.1 Å². The summed E-state index contributed by atoms with van der Waals surface area (Å²) in [7, 11) is 0. The first-order valence-electron chi connectivity index (χ1n) is 9.77. The van der Waals surface area contributed by atoms with E-state index in [-0.39, 0.29) is 5.78 Å². The number of rotatable bonds is 2. The Balaban J connectivity index is 1.80. The number of para-hydroxylation sites is 1. The molecule has 5 heteroatoms. The molecule has 0 saturated carbocycles. The third-order valence-corrected chi connectivity index (χ3v) is 5.61. The first-order valence-corrected chi connectivity index (χ1v) is 9.77. The molecule has 0 N–H and O–H groups in total. The van der Waals surface area contributed by atoms with Crippen LogP contribution in [0.3, 0.4) is 0 Å². The Kier molecular flexibility index (Phi) is 3.47. The fraction of sp³-hybridized carbons (Fsp3) is 0.0400. The van der Waals surface area contributed by atoms with Crippen molar-refractivity contribution in [2.75, 3.05) is 0 Å². The van der Waals surface area contributed by atoms with E-state index < -0.39 is 0 Å². The Morgan fingerprint density at radius 3 is 2.27 bits per heavy atom. The summed E-state index contributed by atoms with van der Waals surface area (Å²) >= 11 is 0. The molecule has 0 atom stereocenters. The highest BCUT2D eigenvalue weighted by atomic mass is 16.1. The van der Waals surface area contributed by atoms with Crippen LogP contribution in [0.1, 0.15) is 21.6 Å². The molecule has 6 rings (SSSR count). The molecule has 0 unspecified atom stereocenters. The van der Waals surface area contributed by atoms with Gasteiger partial charge in [-0.1, -0.05) is 42.5 Å². The minimum atomic E-state index is 0.00803. The van der Waals surface area contributed by atoms with Gasteiger partial charge in [0.2, 0.25) is 0 Å². The number of hydrogen-bond acceptors (Lipinski definition) is 4. The molecule has 1 aliphatic carbocycles. The van der Waals surface area contributed by atoms with E-state index in [9.17, 15) is 4.79 Å². The third kappa shape index (κ3) is 2.23. The van der Waals surface area contributed by atoms with E-state index >= 15 is 0 Å². The maximum atomic E-state index is 13.4. The average Bonchev–Trinajstić information content (AvgIpc) is 3.29. The van der Waals surface area contributed by atoms with Crippen molar-refractivity contribution in [2.45, 2.75) is 6.92 Å². The number of aryl methyl sites for hydroxylation is 1. The van der Waals surface area contributed by atoms with Gasteiger partial charge in [-0.25, -0.2) is 9.67 Å². The molecule has 0 amide bonds. The van der Waals surface area contributed by atoms with Crippen molar-refractivity contribution < 1.29 is 4.79 Å². The molecule has 0 aliphatic heterocycles. The van der Waals surface area contributed by atoms with Gasteiger partial charge in [-0.3, -0.25) is 9.78 Å². The van der Waals surface area contributed by atoms with Gasteiger partial charge >= 0.3 is 0 Å². The minimum absolute atomic E-state index is 0.00803. The number of carbonyl (C=O) groups is 1. The van der Waals surface area contributed by atoms with Gasteiger partial charge in [-0.15, -0.1) is 0 Å². The number of hydrogen-bond donors (Lipinski definition) is 0. The molecule has 30 heavy (non-hydrogen) atoms. The molecule has 0 bridgehead atoms. The molecular formula is C25H16N4O. The van der Waals surface area contributed by atoms with Crippen molar-refractivity contribution >= 4 is 16.8 Å². The van der Waals surface area contributed by atoms with Crippen LogP contribution in [-0.2, 0) is 0 Å². The van der Waals surface area contributed by atoms with Gasteiger partial charge in [-0.2, -0.15) is 5.10 Å². The van der Waals surface area contributed by atoms with Crippen LogP contribution in [-0.4, -0.2) is 25.5 Å². The van der Waals surface area contributed by atoms with Gasteiger partial charge in [0.15, 0.2) is 11.4 Å². The van der Waals surface area contributed by atoms with Crippen LogP contribution in [0, 0.1) is 6.92 Å². The normalized spacial score (nSPS) is 12.2. The maximum Gasteiger partial charge on any atom is 0.196 e. The van der Waals surface area contributed by atoms with Crippen molar-refractivity contribution in [1.29, 1.82) is 0 Å². The van der Waals surface area contributed by atoms with Crippen molar-refractivity contribution in [2.24, 2.45) is 0 Å². The molecule has 142 valence electrons. The number of nitrogens with zero attached hydrogens (tertiary/aromatic N) is 4. The van der Waals surface area contributed by atoms with E-state index in [1.807, 2.05) is 78.3 Å². The third-order valence-electron chi connectivity index (χ3n) is 5.61. The predicted molar refractivity (Wildman–Crippen MR) is 116 cm³/mol. The van der Waals surface area contributed by atoms with Crippen LogP contribution in [0.5, 0.6) is 0 Å². The summed E-state index contributed by atoms with van der Waals surface area (Å²) in [5, 5.41) is 5.69. The molecule has 3 heterocycles. The highest BCUT2D eigenvalue weighted by Crippen LogP contribution is 2.44. The molecule has 0 fully saturated rings. The van der Waals surface area contributed by atoms with Crippen molar-refractivity contribution in [1.82, 2.24) is 19.7 Å². The van der Waals surface area contributed by atoms with Gasteiger partial charge in [0, 0.05) is 29.1 Å². The lowest BCUT2D eigenvalue weighted by Gasteiger charge is -2.11. The zero-order valence-electron chi connectivity index (χ0n) is 16.2. The van der Waals surface area contributed by atoms with Gasteiger partial charge in [-0.05, 0) is 36.8 Å². The Morgan fingerprint density at radius 1 is 0.800 bits per heavy atom. The quantitative estimate of drug-likeness (QED) is 0.419. The molecule has 0 saturated heterocycles. The fourth-order valence-electron chi connectivity index (χ4n) is 4.31. The topological polar surface area (TPSA) is 60.7 Å². The molecule has 5 nitrogen and oxygen atoms in total. The number of aromatic nitrogens is 4. The second-order valence-electron chi connectivity index (χ2n) is 7.35. The Hall–Kier alpha value is -4.12. The summed E-state index contributed by atoms with van der Waals surface area (Å²) in [6.45, 7) is 1.97. The van der Waals surface area contributed by atoms with Gasteiger partial charge < -0.3 is 0 Å². The minimum Gasteiger partial charge on any atom is -0.288 e. The van der Waals surface area contributed by atoms with E-state index in [1.165, 1.54) is 0 Å². The molecule has 0 radical (unpaired) electrons. The Morgan fingerprint density at radius 2 is 1.50 bits per heavy atom. The van der Waals surface area contributed by atoms with E-state index in [0.717, 1.165) is 39.1 Å². The van der Waals surface area contributed by atoms with Gasteiger partial charge in [0.25, 0.3) is 0 Å². The van der Waals surface area contributed by atoms with E-state index in [4.69, 9.17) is 10.1 Å². The number of carbonyl (C=O) groups excluding carboxylic acids is 1. The summed E-state index contributed by atoms with van der Waals surface area (Å²) in [4.78, 5) is 22.6.